The van der Waals surface area contributed by atoms with Gasteiger partial charge in [-0.05, 0) is 24.1 Å². The van der Waals surface area contributed by atoms with Crippen molar-refractivity contribution in [3.05, 3.63) is 44.7 Å². The summed E-state index contributed by atoms with van der Waals surface area (Å²) in [5, 5.41) is 13.4. The summed E-state index contributed by atoms with van der Waals surface area (Å²) in [6.07, 6.45) is -1.25. The molecule has 6 nitrogen and oxygen atoms in total. The van der Waals surface area contributed by atoms with Crippen molar-refractivity contribution >= 4 is 21.9 Å². The molecule has 1 aromatic carbocycles. The number of hydrogen-bond donors (Lipinski definition) is 1. The third kappa shape index (κ3) is 3.46. The molecular weight excluding hydrogens is 302 g/mol. The Morgan fingerprint density at radius 1 is 1.61 bits per heavy atom. The highest BCUT2D eigenvalue weighted by atomic mass is 79.9. The number of rotatable bonds is 5. The van der Waals surface area contributed by atoms with Gasteiger partial charge >= 0.3 is 5.97 Å². The van der Waals surface area contributed by atoms with Crippen molar-refractivity contribution in [1.82, 2.24) is 0 Å². The minimum Gasteiger partial charge on any atom is -0.466 e. The molecule has 7 heteroatoms. The Kier molecular flexibility index (Phi) is 5.64. The molecule has 0 amide bonds. The summed E-state index contributed by atoms with van der Waals surface area (Å²) in [5.74, 6) is -0.751. The van der Waals surface area contributed by atoms with Gasteiger partial charge in [-0.3, -0.25) is 4.79 Å². The minimum atomic E-state index is -1.30. The predicted molar refractivity (Wildman–Crippen MR) is 68.7 cm³/mol. The van der Waals surface area contributed by atoms with Crippen molar-refractivity contribution in [3.63, 3.8) is 0 Å². The minimum absolute atomic E-state index is 0.152. The SMILES string of the molecule is CCOC(=O)[C@@H](N=[N+]=[N-])[C@@H](O)c1ccccc1Br. The average molecular weight is 314 g/mol. The van der Waals surface area contributed by atoms with Crippen molar-refractivity contribution < 1.29 is 14.6 Å². The van der Waals surface area contributed by atoms with Crippen LogP contribution in [-0.2, 0) is 9.53 Å². The summed E-state index contributed by atoms with van der Waals surface area (Å²) in [7, 11) is 0. The second-order valence-electron chi connectivity index (χ2n) is 3.37. The van der Waals surface area contributed by atoms with Gasteiger partial charge < -0.3 is 9.84 Å². The second kappa shape index (κ2) is 7.00. The zero-order valence-electron chi connectivity index (χ0n) is 9.65. The first-order chi connectivity index (χ1) is 8.61. The van der Waals surface area contributed by atoms with Crippen LogP contribution >= 0.6 is 15.9 Å². The number of carbonyl (C=O) groups is 1. The van der Waals surface area contributed by atoms with Crippen LogP contribution in [-0.4, -0.2) is 23.7 Å². The molecule has 0 bridgehead atoms. The molecule has 0 saturated heterocycles. The van der Waals surface area contributed by atoms with Gasteiger partial charge in [-0.15, -0.1) is 0 Å². The Hall–Kier alpha value is -1.56. The first-order valence-corrected chi connectivity index (χ1v) is 6.04. The molecule has 0 aromatic heterocycles. The molecule has 96 valence electrons. The molecule has 0 radical (unpaired) electrons. The first kappa shape index (κ1) is 14.5. The molecular formula is C11H12BrN3O3. The van der Waals surface area contributed by atoms with Gasteiger partial charge in [0.15, 0.2) is 6.04 Å². The highest BCUT2D eigenvalue weighted by Crippen LogP contribution is 2.27. The number of halogens is 1. The molecule has 0 fully saturated rings. The van der Waals surface area contributed by atoms with E-state index >= 15 is 0 Å². The van der Waals surface area contributed by atoms with Gasteiger partial charge in [0, 0.05) is 9.38 Å². The average Bonchev–Trinajstić information content (AvgIpc) is 2.36. The number of aliphatic hydroxyl groups is 1. The van der Waals surface area contributed by atoms with Gasteiger partial charge in [0.2, 0.25) is 0 Å². The topological polar surface area (TPSA) is 95.3 Å². The van der Waals surface area contributed by atoms with E-state index in [1.165, 1.54) is 0 Å². The zero-order valence-corrected chi connectivity index (χ0v) is 11.2. The van der Waals surface area contributed by atoms with Gasteiger partial charge in [-0.1, -0.05) is 39.2 Å². The molecule has 0 aliphatic rings. The zero-order chi connectivity index (χ0) is 13.5. The Labute approximate surface area is 112 Å². The van der Waals surface area contributed by atoms with Crippen LogP contribution in [0.25, 0.3) is 10.4 Å². The standard InChI is InChI=1S/C11H12BrN3O3/c1-2-18-11(17)9(14-15-13)10(16)7-5-3-4-6-8(7)12/h3-6,9-10,16H,2H2,1H3/t9-,10-/m0/s1. The van der Waals surface area contributed by atoms with Crippen molar-refractivity contribution in [1.29, 1.82) is 0 Å². The fourth-order valence-electron chi connectivity index (χ4n) is 1.41. The number of esters is 1. The number of ether oxygens (including phenoxy) is 1. The maximum Gasteiger partial charge on any atom is 0.317 e. The van der Waals surface area contributed by atoms with Crippen molar-refractivity contribution in [2.24, 2.45) is 5.11 Å². The van der Waals surface area contributed by atoms with E-state index < -0.39 is 18.1 Å². The molecule has 18 heavy (non-hydrogen) atoms. The summed E-state index contributed by atoms with van der Waals surface area (Å²) in [5.41, 5.74) is 8.91. The number of carbonyl (C=O) groups excluding carboxylic acids is 1. The maximum atomic E-state index is 11.6. The molecule has 1 N–H and O–H groups in total. The molecule has 0 unspecified atom stereocenters. The number of aliphatic hydroxyl groups excluding tert-OH is 1. The number of azide groups is 1. The molecule has 1 aromatic rings. The lowest BCUT2D eigenvalue weighted by Gasteiger charge is -2.18. The second-order valence-corrected chi connectivity index (χ2v) is 4.22. The van der Waals surface area contributed by atoms with Gasteiger partial charge in [0.25, 0.3) is 0 Å². The third-order valence-electron chi connectivity index (χ3n) is 2.23. The van der Waals surface area contributed by atoms with Crippen LogP contribution in [0.5, 0.6) is 0 Å². The number of nitrogens with zero attached hydrogens (tertiary/aromatic N) is 3. The van der Waals surface area contributed by atoms with E-state index in [-0.39, 0.29) is 6.61 Å². The summed E-state index contributed by atoms with van der Waals surface area (Å²) < 4.78 is 5.38. The van der Waals surface area contributed by atoms with Crippen LogP contribution in [0.1, 0.15) is 18.6 Å². The predicted octanol–water partition coefficient (Wildman–Crippen LogP) is 2.72. The summed E-state index contributed by atoms with van der Waals surface area (Å²) >= 11 is 3.26. The lowest BCUT2D eigenvalue weighted by Crippen LogP contribution is -2.28. The van der Waals surface area contributed by atoms with Gasteiger partial charge in [-0.2, -0.15) is 0 Å². The van der Waals surface area contributed by atoms with Crippen LogP contribution in [0.15, 0.2) is 33.9 Å². The van der Waals surface area contributed by atoms with E-state index in [9.17, 15) is 9.90 Å². The van der Waals surface area contributed by atoms with E-state index in [0.717, 1.165) is 0 Å². The monoisotopic (exact) mass is 313 g/mol. The molecule has 0 heterocycles. The summed E-state index contributed by atoms with van der Waals surface area (Å²) in [6, 6.07) is 5.54. The fourth-order valence-corrected chi connectivity index (χ4v) is 1.93. The highest BCUT2D eigenvalue weighted by molar-refractivity contribution is 9.10. The Morgan fingerprint density at radius 2 is 2.28 bits per heavy atom. The molecule has 0 saturated carbocycles. The van der Waals surface area contributed by atoms with Crippen LogP contribution in [0.2, 0.25) is 0 Å². The molecule has 0 aliphatic heterocycles. The van der Waals surface area contributed by atoms with Crippen LogP contribution < -0.4 is 0 Å². The summed E-state index contributed by atoms with van der Waals surface area (Å²) in [4.78, 5) is 14.2. The molecule has 0 aliphatic carbocycles. The van der Waals surface area contributed by atoms with Crippen LogP contribution in [0.3, 0.4) is 0 Å². The smallest absolute Gasteiger partial charge is 0.317 e. The van der Waals surface area contributed by atoms with Crippen molar-refractivity contribution in [2.75, 3.05) is 6.61 Å². The number of hydrogen-bond acceptors (Lipinski definition) is 4. The molecule has 2 atom stereocenters. The summed E-state index contributed by atoms with van der Waals surface area (Å²) in [6.45, 7) is 1.79. The van der Waals surface area contributed by atoms with E-state index in [2.05, 4.69) is 26.0 Å². The first-order valence-electron chi connectivity index (χ1n) is 5.25. The van der Waals surface area contributed by atoms with Crippen molar-refractivity contribution in [2.45, 2.75) is 19.1 Å². The normalized spacial score (nSPS) is 13.3. The van der Waals surface area contributed by atoms with E-state index in [1.54, 1.807) is 31.2 Å². The highest BCUT2D eigenvalue weighted by Gasteiger charge is 2.29. The van der Waals surface area contributed by atoms with Gasteiger partial charge in [-0.25, -0.2) is 0 Å². The largest absolute Gasteiger partial charge is 0.466 e. The van der Waals surface area contributed by atoms with Gasteiger partial charge in [0.05, 0.1) is 12.7 Å². The third-order valence-corrected chi connectivity index (χ3v) is 2.95. The van der Waals surface area contributed by atoms with Gasteiger partial charge in [0.1, 0.15) is 0 Å². The van der Waals surface area contributed by atoms with Crippen molar-refractivity contribution in [3.8, 4) is 0 Å². The Bertz CT molecular complexity index is 474. The molecule has 0 spiro atoms. The Morgan fingerprint density at radius 3 is 2.83 bits per heavy atom. The van der Waals surface area contributed by atoms with E-state index in [4.69, 9.17) is 10.3 Å². The quantitative estimate of drug-likeness (QED) is 0.392. The lowest BCUT2D eigenvalue weighted by molar-refractivity contribution is -0.147. The van der Waals surface area contributed by atoms with Crippen LogP contribution in [0.4, 0.5) is 0 Å². The fraction of sp³-hybridized carbons (Fsp3) is 0.364. The number of benzene rings is 1. The Balaban J connectivity index is 3.03. The van der Waals surface area contributed by atoms with E-state index in [0.29, 0.717) is 10.0 Å². The lowest BCUT2D eigenvalue weighted by atomic mass is 10.0. The maximum absolute atomic E-state index is 11.6. The molecule has 1 rings (SSSR count). The van der Waals surface area contributed by atoms with E-state index in [1.807, 2.05) is 0 Å². The van der Waals surface area contributed by atoms with Crippen LogP contribution in [0, 0.1) is 0 Å².